The van der Waals surface area contributed by atoms with Crippen LogP contribution in [0.3, 0.4) is 0 Å². The second-order valence-corrected chi connectivity index (χ2v) is 3.91. The summed E-state index contributed by atoms with van der Waals surface area (Å²) in [5.41, 5.74) is 2.55. The second kappa shape index (κ2) is 4.28. The van der Waals surface area contributed by atoms with Crippen LogP contribution in [-0.4, -0.2) is 21.3 Å². The second-order valence-electron chi connectivity index (χ2n) is 3.11. The Morgan fingerprint density at radius 3 is 2.94 bits per heavy atom. The van der Waals surface area contributed by atoms with E-state index in [4.69, 9.17) is 9.84 Å². The largest absolute Gasteiger partial charge is 0.478 e. The van der Waals surface area contributed by atoms with Gasteiger partial charge in [-0.2, -0.15) is 0 Å². The summed E-state index contributed by atoms with van der Waals surface area (Å²) in [6.07, 6.45) is 0. The van der Waals surface area contributed by atoms with Crippen LogP contribution in [0.15, 0.2) is 23.7 Å². The maximum Gasteiger partial charge on any atom is 0.339 e. The fourth-order valence-electron chi connectivity index (χ4n) is 1.19. The van der Waals surface area contributed by atoms with Gasteiger partial charge in [-0.1, -0.05) is 22.5 Å². The predicted molar refractivity (Wildman–Crippen MR) is 58.1 cm³/mol. The molecule has 1 heterocycles. The van der Waals surface area contributed by atoms with Crippen molar-refractivity contribution in [2.45, 2.75) is 6.92 Å². The summed E-state index contributed by atoms with van der Waals surface area (Å²) in [5.74, 6) is -0.747. The molecule has 0 fully saturated rings. The zero-order chi connectivity index (χ0) is 11.5. The van der Waals surface area contributed by atoms with Gasteiger partial charge in [-0.15, -0.1) is 5.10 Å². The number of aromatic carboxylic acids is 1. The van der Waals surface area contributed by atoms with Gasteiger partial charge < -0.3 is 9.84 Å². The smallest absolute Gasteiger partial charge is 0.339 e. The maximum atomic E-state index is 10.9. The third-order valence-electron chi connectivity index (χ3n) is 1.90. The number of carbonyl (C=O) groups is 1. The quantitative estimate of drug-likeness (QED) is 0.885. The number of hydrogen-bond acceptors (Lipinski definition) is 5. The van der Waals surface area contributed by atoms with Gasteiger partial charge in [-0.05, 0) is 24.6 Å². The third kappa shape index (κ3) is 2.17. The molecule has 1 N–H and O–H groups in total. The van der Waals surface area contributed by atoms with Crippen LogP contribution in [0.4, 0.5) is 0 Å². The van der Waals surface area contributed by atoms with Crippen LogP contribution in [0.1, 0.15) is 15.9 Å². The fourth-order valence-corrected chi connectivity index (χ4v) is 1.61. The Kier molecular flexibility index (Phi) is 2.82. The summed E-state index contributed by atoms with van der Waals surface area (Å²) in [4.78, 5) is 10.9. The van der Waals surface area contributed by atoms with Crippen LogP contribution >= 0.6 is 11.3 Å². The number of aromatic nitrogens is 2. The summed E-state index contributed by atoms with van der Waals surface area (Å²) in [6.45, 7) is 1.86. The summed E-state index contributed by atoms with van der Waals surface area (Å²) in [5, 5.41) is 16.6. The molecule has 0 spiro atoms. The average molecular weight is 236 g/mol. The minimum Gasteiger partial charge on any atom is -0.478 e. The van der Waals surface area contributed by atoms with Crippen LogP contribution < -0.4 is 4.74 Å². The molecule has 0 saturated heterocycles. The highest BCUT2D eigenvalue weighted by Gasteiger charge is 2.13. The summed E-state index contributed by atoms with van der Waals surface area (Å²) in [7, 11) is 0. The van der Waals surface area contributed by atoms with Gasteiger partial charge in [-0.25, -0.2) is 4.79 Å². The van der Waals surface area contributed by atoms with E-state index in [1.807, 2.05) is 6.92 Å². The van der Waals surface area contributed by atoms with Crippen molar-refractivity contribution in [3.8, 4) is 10.9 Å². The summed E-state index contributed by atoms with van der Waals surface area (Å²) < 4.78 is 5.36. The van der Waals surface area contributed by atoms with Gasteiger partial charge in [0.15, 0.2) is 0 Å². The zero-order valence-electron chi connectivity index (χ0n) is 8.38. The van der Waals surface area contributed by atoms with Crippen molar-refractivity contribution < 1.29 is 14.6 Å². The topological polar surface area (TPSA) is 72.3 Å². The first-order chi connectivity index (χ1) is 7.66. The minimum atomic E-state index is -1.03. The van der Waals surface area contributed by atoms with Gasteiger partial charge in [0.1, 0.15) is 16.8 Å². The van der Waals surface area contributed by atoms with Crippen molar-refractivity contribution in [2.75, 3.05) is 0 Å². The SMILES string of the molecule is Cc1ccc(C(=O)O)c(Oc2nncs2)c1. The number of benzene rings is 1. The normalized spacial score (nSPS) is 10.1. The maximum absolute atomic E-state index is 10.9. The molecule has 0 amide bonds. The van der Waals surface area contributed by atoms with Crippen molar-refractivity contribution >= 4 is 17.3 Å². The van der Waals surface area contributed by atoms with Crippen molar-refractivity contribution in [2.24, 2.45) is 0 Å². The molecule has 2 aromatic rings. The van der Waals surface area contributed by atoms with E-state index in [2.05, 4.69) is 10.2 Å². The predicted octanol–water partition coefficient (Wildman–Crippen LogP) is 2.34. The number of rotatable bonds is 3. The van der Waals surface area contributed by atoms with Gasteiger partial charge in [0.05, 0.1) is 0 Å². The summed E-state index contributed by atoms with van der Waals surface area (Å²) in [6, 6.07) is 4.88. The molecular weight excluding hydrogens is 228 g/mol. The Labute approximate surface area is 95.3 Å². The monoisotopic (exact) mass is 236 g/mol. The molecule has 5 nitrogen and oxygen atoms in total. The summed E-state index contributed by atoms with van der Waals surface area (Å²) >= 11 is 1.21. The standard InChI is InChI=1S/C10H8N2O3S/c1-6-2-3-7(9(13)14)8(4-6)15-10-12-11-5-16-10/h2-5H,1H3,(H,13,14). The molecule has 2 rings (SSSR count). The number of nitrogens with zero attached hydrogens (tertiary/aromatic N) is 2. The Bertz CT molecular complexity index is 511. The molecule has 82 valence electrons. The van der Waals surface area contributed by atoms with E-state index in [-0.39, 0.29) is 11.3 Å². The lowest BCUT2D eigenvalue weighted by molar-refractivity contribution is 0.0694. The molecule has 0 bridgehead atoms. The number of aryl methyl sites for hydroxylation is 1. The first-order valence-corrected chi connectivity index (χ1v) is 5.33. The first-order valence-electron chi connectivity index (χ1n) is 4.45. The van der Waals surface area contributed by atoms with Gasteiger partial charge >= 0.3 is 5.97 Å². The van der Waals surface area contributed by atoms with E-state index in [1.165, 1.54) is 22.9 Å². The van der Waals surface area contributed by atoms with E-state index in [0.717, 1.165) is 5.56 Å². The molecule has 16 heavy (non-hydrogen) atoms. The van der Waals surface area contributed by atoms with E-state index >= 15 is 0 Å². The number of carboxylic acids is 1. The van der Waals surface area contributed by atoms with E-state index in [1.54, 1.807) is 12.1 Å². The Hall–Kier alpha value is -1.95. The molecule has 0 aliphatic heterocycles. The Morgan fingerprint density at radius 2 is 2.31 bits per heavy atom. The Balaban J connectivity index is 2.38. The molecule has 6 heteroatoms. The molecule has 0 aliphatic carbocycles. The third-order valence-corrected chi connectivity index (χ3v) is 2.47. The van der Waals surface area contributed by atoms with Gasteiger partial charge in [-0.3, -0.25) is 0 Å². The number of ether oxygens (including phenoxy) is 1. The van der Waals surface area contributed by atoms with Gasteiger partial charge in [0.25, 0.3) is 5.19 Å². The van der Waals surface area contributed by atoms with Crippen molar-refractivity contribution in [1.82, 2.24) is 10.2 Å². The van der Waals surface area contributed by atoms with Crippen molar-refractivity contribution in [3.63, 3.8) is 0 Å². The van der Waals surface area contributed by atoms with Crippen LogP contribution in [-0.2, 0) is 0 Å². The molecule has 1 aromatic carbocycles. The Morgan fingerprint density at radius 1 is 1.50 bits per heavy atom. The van der Waals surface area contributed by atoms with E-state index in [0.29, 0.717) is 5.19 Å². The fraction of sp³-hybridized carbons (Fsp3) is 0.100. The van der Waals surface area contributed by atoms with Crippen LogP contribution in [0, 0.1) is 6.92 Å². The minimum absolute atomic E-state index is 0.112. The highest BCUT2D eigenvalue weighted by molar-refractivity contribution is 7.11. The van der Waals surface area contributed by atoms with Crippen molar-refractivity contribution in [3.05, 3.63) is 34.8 Å². The average Bonchev–Trinajstić information content (AvgIpc) is 2.70. The molecule has 0 saturated carbocycles. The molecule has 0 radical (unpaired) electrons. The lowest BCUT2D eigenvalue weighted by Gasteiger charge is -2.06. The van der Waals surface area contributed by atoms with Gasteiger partial charge in [0, 0.05) is 0 Å². The molecule has 0 aliphatic rings. The molecule has 1 aromatic heterocycles. The number of carboxylic acid groups (broad SMARTS) is 1. The lowest BCUT2D eigenvalue weighted by atomic mass is 10.1. The first kappa shape index (κ1) is 10.6. The highest BCUT2D eigenvalue weighted by atomic mass is 32.1. The highest BCUT2D eigenvalue weighted by Crippen LogP contribution is 2.27. The number of hydrogen-bond donors (Lipinski definition) is 1. The van der Waals surface area contributed by atoms with E-state index < -0.39 is 5.97 Å². The molecule has 0 atom stereocenters. The molecule has 0 unspecified atom stereocenters. The van der Waals surface area contributed by atoms with Crippen LogP contribution in [0.25, 0.3) is 0 Å². The zero-order valence-corrected chi connectivity index (χ0v) is 9.19. The molecular formula is C10H8N2O3S. The van der Waals surface area contributed by atoms with Crippen LogP contribution in [0.2, 0.25) is 0 Å². The van der Waals surface area contributed by atoms with Crippen LogP contribution in [0.5, 0.6) is 10.9 Å². The lowest BCUT2D eigenvalue weighted by Crippen LogP contribution is -2.00. The van der Waals surface area contributed by atoms with Gasteiger partial charge in [0.2, 0.25) is 0 Å². The van der Waals surface area contributed by atoms with E-state index in [9.17, 15) is 4.79 Å². The van der Waals surface area contributed by atoms with Crippen molar-refractivity contribution in [1.29, 1.82) is 0 Å².